The predicted molar refractivity (Wildman–Crippen MR) is 295 cm³/mol. The maximum absolute atomic E-state index is 11.2. The van der Waals surface area contributed by atoms with Crippen LogP contribution in [-0.2, 0) is 62.1 Å². The minimum absolute atomic E-state index is 0.0392. The number of aromatic nitrogens is 8. The van der Waals surface area contributed by atoms with E-state index in [0.29, 0.717) is 63.8 Å². The number of benzene rings is 4. The van der Waals surface area contributed by atoms with Crippen molar-refractivity contribution in [2.45, 2.75) is 104 Å². The fourth-order valence-corrected chi connectivity index (χ4v) is 9.58. The topological polar surface area (TPSA) is 251 Å². The molecule has 0 bridgehead atoms. The normalized spacial score (nSPS) is 12.0. The molecule has 2 atom stereocenters. The number of hydrogen-bond donors (Lipinski definition) is 5. The number of carboxylic acids is 2. The molecule has 8 rings (SSSR count). The largest absolute Gasteiger partial charge is 0.481 e. The highest BCUT2D eigenvalue weighted by Crippen LogP contribution is 2.36. The first-order valence-corrected chi connectivity index (χ1v) is 26.8. The van der Waals surface area contributed by atoms with Crippen molar-refractivity contribution in [3.63, 3.8) is 0 Å². The van der Waals surface area contributed by atoms with E-state index in [1.807, 2.05) is 97.1 Å². The molecular weight excluding hydrogens is 1130 g/mol. The summed E-state index contributed by atoms with van der Waals surface area (Å²) in [7, 11) is 0. The number of rotatable bonds is 29. The number of ether oxygens (including phenoxy) is 4. The Labute approximate surface area is 467 Å². The van der Waals surface area contributed by atoms with Crippen LogP contribution in [0, 0.1) is 13.8 Å². The van der Waals surface area contributed by atoms with E-state index in [4.69, 9.17) is 39.1 Å². The molecule has 4 aromatic carbocycles. The second-order valence-electron chi connectivity index (χ2n) is 18.6. The van der Waals surface area contributed by atoms with Crippen LogP contribution in [-0.4, -0.2) is 91.1 Å². The second kappa shape index (κ2) is 27.7. The summed E-state index contributed by atoms with van der Waals surface area (Å²) in [5, 5.41) is 58.7. The maximum Gasteiger partial charge on any atom is 0.306 e. The Morgan fingerprint density at radius 3 is 1.54 bits per heavy atom. The van der Waals surface area contributed by atoms with Gasteiger partial charge in [-0.05, 0) is 122 Å². The second-order valence-corrected chi connectivity index (χ2v) is 20.3. The van der Waals surface area contributed by atoms with E-state index in [2.05, 4.69) is 83.8 Å². The first kappa shape index (κ1) is 56.6. The number of carbonyl (C=O) groups is 2. The lowest BCUT2D eigenvalue weighted by molar-refractivity contribution is -0.140. The molecule has 406 valence electrons. The molecular formula is C57H59Br2N9O10. The summed E-state index contributed by atoms with van der Waals surface area (Å²) in [4.78, 5) is 32.0. The van der Waals surface area contributed by atoms with Crippen molar-refractivity contribution in [1.29, 1.82) is 0 Å². The molecule has 19 nitrogen and oxygen atoms in total. The highest BCUT2D eigenvalue weighted by Gasteiger charge is 2.20. The van der Waals surface area contributed by atoms with Crippen LogP contribution < -0.4 is 24.3 Å². The van der Waals surface area contributed by atoms with Crippen LogP contribution in [0.15, 0.2) is 131 Å². The SMILES string of the molecule is Cc1c(COc2nc(OCc3cnnn3Cc3ccccc3)c(CCC[C@@H](O)CC(=O)O)cc2Br)cccc1-c1cccc(COc2nc(OCc3cnnn3Cc3ccccc3)c(CNC[C@@H](O)CC(=O)O)cc2Br)c1C. The molecule has 0 aliphatic heterocycles. The van der Waals surface area contributed by atoms with Crippen LogP contribution in [0.4, 0.5) is 0 Å². The number of aliphatic carboxylic acids is 2. The number of aliphatic hydroxyl groups excluding tert-OH is 2. The Kier molecular flexibility index (Phi) is 20.1. The van der Waals surface area contributed by atoms with Crippen molar-refractivity contribution < 1.29 is 49.0 Å². The van der Waals surface area contributed by atoms with Crippen LogP contribution >= 0.6 is 31.9 Å². The van der Waals surface area contributed by atoms with Crippen molar-refractivity contribution in [2.75, 3.05) is 6.54 Å². The molecule has 8 aromatic rings. The number of hydrogen-bond acceptors (Lipinski definition) is 15. The van der Waals surface area contributed by atoms with Gasteiger partial charge in [-0.1, -0.05) is 107 Å². The standard InChI is InChI=1S/C57H59Br2N9O10/c1-36-41(32-75-56-50(58)22-40(16-9-19-46(69)24-52(71)72)54(63-56)77-34-44-27-61-65-67(44)30-38-12-5-3-6-13-38)17-10-20-48(36)49-21-11-18-42(37(49)2)33-76-57-51(59)23-43(26-60-29-47(70)25-53(73)74)55(64-57)78-35-45-28-62-66-68(45)31-39-14-7-4-8-15-39/h3-8,10-15,17-18,20-23,27-28,46-47,60,69-70H,9,16,19,24-26,29-35H2,1-2H3,(H,71,72)(H,73,74)/t46-,47+/m1/s1. The smallest absolute Gasteiger partial charge is 0.306 e. The fraction of sp³-hybridized carbons (Fsp3) is 0.298. The molecule has 4 heterocycles. The van der Waals surface area contributed by atoms with Crippen LogP contribution in [0.1, 0.15) is 81.6 Å². The average molecular weight is 1190 g/mol. The van der Waals surface area contributed by atoms with E-state index in [1.54, 1.807) is 21.8 Å². The summed E-state index contributed by atoms with van der Waals surface area (Å²) < 4.78 is 30.3. The first-order valence-electron chi connectivity index (χ1n) is 25.2. The molecule has 0 saturated heterocycles. The summed E-state index contributed by atoms with van der Waals surface area (Å²) in [5.41, 5.74) is 10.8. The Morgan fingerprint density at radius 1 is 0.577 bits per heavy atom. The van der Waals surface area contributed by atoms with E-state index in [1.165, 1.54) is 0 Å². The number of aliphatic hydroxyl groups is 2. The van der Waals surface area contributed by atoms with Crippen LogP contribution in [0.25, 0.3) is 11.1 Å². The molecule has 21 heteroatoms. The van der Waals surface area contributed by atoms with Gasteiger partial charge in [0.2, 0.25) is 23.5 Å². The molecule has 0 spiro atoms. The summed E-state index contributed by atoms with van der Waals surface area (Å²) in [6.07, 6.45) is 1.74. The minimum atomic E-state index is -1.10. The highest BCUT2D eigenvalue weighted by molar-refractivity contribution is 9.10. The molecule has 0 saturated carbocycles. The lowest BCUT2D eigenvalue weighted by atomic mass is 9.92. The summed E-state index contributed by atoms with van der Waals surface area (Å²) in [6.45, 7) is 5.93. The average Bonchev–Trinajstić information content (AvgIpc) is 4.08. The summed E-state index contributed by atoms with van der Waals surface area (Å²) in [5.74, 6) is -0.946. The van der Waals surface area contributed by atoms with E-state index < -0.39 is 30.6 Å². The van der Waals surface area contributed by atoms with Crippen LogP contribution in [0.3, 0.4) is 0 Å². The van der Waals surface area contributed by atoms with Gasteiger partial charge in [-0.25, -0.2) is 9.36 Å². The molecule has 0 radical (unpaired) electrons. The first-order chi connectivity index (χ1) is 37.8. The zero-order chi connectivity index (χ0) is 55.0. The molecule has 5 N–H and O–H groups in total. The quantitative estimate of drug-likeness (QED) is 0.0293. The number of pyridine rings is 2. The van der Waals surface area contributed by atoms with Crippen molar-refractivity contribution in [3.8, 4) is 34.6 Å². The zero-order valence-electron chi connectivity index (χ0n) is 43.0. The van der Waals surface area contributed by atoms with Gasteiger partial charge in [0.15, 0.2) is 0 Å². The van der Waals surface area contributed by atoms with Crippen LogP contribution in [0.2, 0.25) is 0 Å². The Hall–Kier alpha value is -7.56. The van der Waals surface area contributed by atoms with Gasteiger partial charge in [0.05, 0.1) is 70.9 Å². The van der Waals surface area contributed by atoms with E-state index in [-0.39, 0.29) is 58.2 Å². The van der Waals surface area contributed by atoms with E-state index in [9.17, 15) is 19.8 Å². The maximum atomic E-state index is 11.2. The van der Waals surface area contributed by atoms with Gasteiger partial charge in [0.25, 0.3) is 0 Å². The number of aryl methyl sites for hydroxylation is 1. The zero-order valence-corrected chi connectivity index (χ0v) is 46.1. The number of carboxylic acid groups (broad SMARTS) is 2. The van der Waals surface area contributed by atoms with Crippen molar-refractivity contribution >= 4 is 43.8 Å². The van der Waals surface area contributed by atoms with Gasteiger partial charge >= 0.3 is 11.9 Å². The van der Waals surface area contributed by atoms with E-state index >= 15 is 0 Å². The highest BCUT2D eigenvalue weighted by atomic mass is 79.9. The minimum Gasteiger partial charge on any atom is -0.481 e. The molecule has 4 aromatic heterocycles. The van der Waals surface area contributed by atoms with Gasteiger partial charge in [-0.3, -0.25) is 9.59 Å². The van der Waals surface area contributed by atoms with Gasteiger partial charge in [-0.2, -0.15) is 9.97 Å². The Morgan fingerprint density at radius 2 is 1.04 bits per heavy atom. The van der Waals surface area contributed by atoms with Crippen LogP contribution in [0.5, 0.6) is 23.5 Å². The molecule has 0 aliphatic carbocycles. The molecule has 0 fully saturated rings. The summed E-state index contributed by atoms with van der Waals surface area (Å²) in [6, 6.07) is 35.7. The number of nitrogens with zero attached hydrogens (tertiary/aromatic N) is 8. The number of nitrogens with one attached hydrogen (secondary N) is 1. The van der Waals surface area contributed by atoms with Crippen molar-refractivity contribution in [3.05, 3.63) is 186 Å². The predicted octanol–water partition coefficient (Wildman–Crippen LogP) is 8.96. The number of halogens is 2. The lowest BCUT2D eigenvalue weighted by Crippen LogP contribution is -2.28. The molecule has 0 amide bonds. The van der Waals surface area contributed by atoms with Gasteiger partial charge in [0.1, 0.15) is 26.4 Å². The van der Waals surface area contributed by atoms with Gasteiger partial charge in [0, 0.05) is 24.2 Å². The van der Waals surface area contributed by atoms with E-state index in [0.717, 1.165) is 55.8 Å². The van der Waals surface area contributed by atoms with Crippen molar-refractivity contribution in [2.24, 2.45) is 0 Å². The molecule has 0 unspecified atom stereocenters. The lowest BCUT2D eigenvalue weighted by Gasteiger charge is -2.18. The summed E-state index contributed by atoms with van der Waals surface area (Å²) >= 11 is 7.32. The third kappa shape index (κ3) is 15.8. The molecule has 78 heavy (non-hydrogen) atoms. The Balaban J connectivity index is 0.971. The third-order valence-electron chi connectivity index (χ3n) is 12.8. The third-order valence-corrected chi connectivity index (χ3v) is 14.0. The van der Waals surface area contributed by atoms with Crippen molar-refractivity contribution in [1.82, 2.24) is 45.3 Å². The van der Waals surface area contributed by atoms with Gasteiger partial charge < -0.3 is 44.7 Å². The Bertz CT molecular complexity index is 3070. The fourth-order valence-electron chi connectivity index (χ4n) is 8.63. The van der Waals surface area contributed by atoms with Gasteiger partial charge in [-0.15, -0.1) is 10.2 Å². The molecule has 0 aliphatic rings. The monoisotopic (exact) mass is 1190 g/mol.